The monoisotopic (exact) mass is 296 g/mol. The summed E-state index contributed by atoms with van der Waals surface area (Å²) in [6, 6.07) is 3.85. The molecule has 0 aliphatic carbocycles. The summed E-state index contributed by atoms with van der Waals surface area (Å²) in [6.07, 6.45) is 1.19. The maximum atomic E-state index is 13.4. The van der Waals surface area contributed by atoms with Gasteiger partial charge in [-0.05, 0) is 19.1 Å². The molecule has 2 rings (SSSR count). The van der Waals surface area contributed by atoms with Crippen molar-refractivity contribution in [2.24, 2.45) is 5.73 Å². The maximum absolute atomic E-state index is 13.4. The van der Waals surface area contributed by atoms with Gasteiger partial charge in [-0.3, -0.25) is 9.78 Å². The summed E-state index contributed by atoms with van der Waals surface area (Å²) in [5, 5.41) is 0. The lowest BCUT2D eigenvalue weighted by molar-refractivity contribution is -0.119. The number of pyridine rings is 1. The number of ether oxygens (including phenoxy) is 1. The SMILES string of the molecule is CC(C(N)=O)c1ccc(Oc2c(F)cc(F)cc2F)cn1. The van der Waals surface area contributed by atoms with Gasteiger partial charge in [-0.15, -0.1) is 0 Å². The number of benzene rings is 1. The van der Waals surface area contributed by atoms with Gasteiger partial charge in [-0.25, -0.2) is 13.2 Å². The Bertz CT molecular complexity index is 651. The molecular formula is C14H11F3N2O2. The van der Waals surface area contributed by atoms with Gasteiger partial charge in [0, 0.05) is 12.1 Å². The van der Waals surface area contributed by atoms with Gasteiger partial charge < -0.3 is 10.5 Å². The molecule has 2 aromatic rings. The molecule has 0 saturated carbocycles. The zero-order chi connectivity index (χ0) is 15.6. The highest BCUT2D eigenvalue weighted by atomic mass is 19.1. The van der Waals surface area contributed by atoms with E-state index in [-0.39, 0.29) is 5.75 Å². The van der Waals surface area contributed by atoms with Crippen molar-refractivity contribution in [1.82, 2.24) is 4.98 Å². The lowest BCUT2D eigenvalue weighted by Gasteiger charge is -2.10. The molecule has 1 aromatic carbocycles. The Labute approximate surface area is 118 Å². The second kappa shape index (κ2) is 5.82. The predicted molar refractivity (Wildman–Crippen MR) is 68.2 cm³/mol. The van der Waals surface area contributed by atoms with Crippen molar-refractivity contribution < 1.29 is 22.7 Å². The number of halogens is 3. The predicted octanol–water partition coefficient (Wildman–Crippen LogP) is 2.88. The Kier molecular flexibility index (Phi) is 4.11. The third-order valence-electron chi connectivity index (χ3n) is 2.81. The molecule has 0 aliphatic rings. The van der Waals surface area contributed by atoms with Crippen molar-refractivity contribution in [3.63, 3.8) is 0 Å². The highest BCUT2D eigenvalue weighted by Crippen LogP contribution is 2.28. The molecule has 1 atom stereocenters. The number of aromatic nitrogens is 1. The fourth-order valence-electron chi connectivity index (χ4n) is 1.60. The largest absolute Gasteiger partial charge is 0.450 e. The molecule has 1 heterocycles. The first-order valence-electron chi connectivity index (χ1n) is 5.96. The minimum Gasteiger partial charge on any atom is -0.450 e. The van der Waals surface area contributed by atoms with E-state index in [4.69, 9.17) is 10.5 Å². The zero-order valence-electron chi connectivity index (χ0n) is 10.9. The Morgan fingerprint density at radius 2 is 1.86 bits per heavy atom. The van der Waals surface area contributed by atoms with Gasteiger partial charge in [0.25, 0.3) is 0 Å². The van der Waals surface area contributed by atoms with Crippen molar-refractivity contribution in [2.45, 2.75) is 12.8 Å². The van der Waals surface area contributed by atoms with E-state index in [1.165, 1.54) is 18.3 Å². The molecular weight excluding hydrogens is 285 g/mol. The molecule has 0 spiro atoms. The minimum atomic E-state index is -1.16. The van der Waals surface area contributed by atoms with E-state index in [0.29, 0.717) is 17.8 Å². The number of nitrogens with two attached hydrogens (primary N) is 1. The molecule has 0 radical (unpaired) electrons. The van der Waals surface area contributed by atoms with Crippen molar-refractivity contribution in [3.05, 3.63) is 53.6 Å². The normalized spacial score (nSPS) is 12.0. The van der Waals surface area contributed by atoms with Crippen LogP contribution < -0.4 is 10.5 Å². The maximum Gasteiger partial charge on any atom is 0.226 e. The van der Waals surface area contributed by atoms with Gasteiger partial charge in [0.05, 0.1) is 17.8 Å². The molecule has 7 heteroatoms. The molecule has 0 saturated heterocycles. The Morgan fingerprint density at radius 3 is 2.33 bits per heavy atom. The number of rotatable bonds is 4. The first-order valence-corrected chi connectivity index (χ1v) is 5.96. The number of primary amides is 1. The molecule has 0 aliphatic heterocycles. The van der Waals surface area contributed by atoms with Gasteiger partial charge in [0.1, 0.15) is 11.6 Å². The van der Waals surface area contributed by atoms with Crippen molar-refractivity contribution >= 4 is 5.91 Å². The van der Waals surface area contributed by atoms with Gasteiger partial charge in [0.15, 0.2) is 17.4 Å². The molecule has 0 fully saturated rings. The van der Waals surface area contributed by atoms with Crippen LogP contribution in [-0.2, 0) is 4.79 Å². The molecule has 2 N–H and O–H groups in total. The Morgan fingerprint density at radius 1 is 1.24 bits per heavy atom. The summed E-state index contributed by atoms with van der Waals surface area (Å²) in [4.78, 5) is 14.9. The van der Waals surface area contributed by atoms with E-state index in [2.05, 4.69) is 4.98 Å². The van der Waals surface area contributed by atoms with Crippen LogP contribution in [0.1, 0.15) is 18.5 Å². The molecule has 0 bridgehead atoms. The number of nitrogens with zero attached hydrogens (tertiary/aromatic N) is 1. The summed E-state index contributed by atoms with van der Waals surface area (Å²) in [6.45, 7) is 1.57. The lowest BCUT2D eigenvalue weighted by atomic mass is 10.1. The van der Waals surface area contributed by atoms with Gasteiger partial charge in [0.2, 0.25) is 5.91 Å². The molecule has 21 heavy (non-hydrogen) atoms. The van der Waals surface area contributed by atoms with Crippen LogP contribution in [0.2, 0.25) is 0 Å². The van der Waals surface area contributed by atoms with Crippen LogP contribution in [0.25, 0.3) is 0 Å². The topological polar surface area (TPSA) is 65.2 Å². The molecule has 1 amide bonds. The second-order valence-electron chi connectivity index (χ2n) is 4.34. The van der Waals surface area contributed by atoms with Crippen LogP contribution in [0.3, 0.4) is 0 Å². The van der Waals surface area contributed by atoms with E-state index in [1.807, 2.05) is 0 Å². The van der Waals surface area contributed by atoms with Gasteiger partial charge >= 0.3 is 0 Å². The third kappa shape index (κ3) is 3.31. The van der Waals surface area contributed by atoms with E-state index in [0.717, 1.165) is 0 Å². The van der Waals surface area contributed by atoms with E-state index in [9.17, 15) is 18.0 Å². The minimum absolute atomic E-state index is 0.0415. The fourth-order valence-corrected chi connectivity index (χ4v) is 1.60. The number of amides is 1. The molecule has 1 unspecified atom stereocenters. The molecule has 1 aromatic heterocycles. The van der Waals surface area contributed by atoms with E-state index < -0.39 is 35.0 Å². The average molecular weight is 296 g/mol. The third-order valence-corrected chi connectivity index (χ3v) is 2.81. The molecule has 4 nitrogen and oxygen atoms in total. The van der Waals surface area contributed by atoms with E-state index in [1.54, 1.807) is 6.92 Å². The highest BCUT2D eigenvalue weighted by Gasteiger charge is 2.16. The van der Waals surface area contributed by atoms with E-state index >= 15 is 0 Å². The lowest BCUT2D eigenvalue weighted by Crippen LogP contribution is -2.19. The summed E-state index contributed by atoms with van der Waals surface area (Å²) in [5.41, 5.74) is 5.54. The number of carbonyl (C=O) groups excluding carboxylic acids is 1. The zero-order valence-corrected chi connectivity index (χ0v) is 10.9. The quantitative estimate of drug-likeness (QED) is 0.943. The number of carbonyl (C=O) groups is 1. The fraction of sp³-hybridized carbons (Fsp3) is 0.143. The number of hydrogen-bond acceptors (Lipinski definition) is 3. The van der Waals surface area contributed by atoms with Crippen molar-refractivity contribution in [1.29, 1.82) is 0 Å². The van der Waals surface area contributed by atoms with Crippen molar-refractivity contribution in [2.75, 3.05) is 0 Å². The Balaban J connectivity index is 2.23. The summed E-state index contributed by atoms with van der Waals surface area (Å²) in [7, 11) is 0. The summed E-state index contributed by atoms with van der Waals surface area (Å²) < 4.78 is 44.6. The van der Waals surface area contributed by atoms with Crippen LogP contribution in [0.5, 0.6) is 11.5 Å². The van der Waals surface area contributed by atoms with Crippen LogP contribution >= 0.6 is 0 Å². The first kappa shape index (κ1) is 14.8. The standard InChI is InChI=1S/C14H11F3N2O2/c1-7(14(18)20)12-3-2-9(6-19-12)21-13-10(16)4-8(15)5-11(13)17/h2-7H,1H3,(H2,18,20). The first-order chi connectivity index (χ1) is 9.88. The van der Waals surface area contributed by atoms with Crippen molar-refractivity contribution in [3.8, 4) is 11.5 Å². The van der Waals surface area contributed by atoms with Crippen LogP contribution in [-0.4, -0.2) is 10.9 Å². The average Bonchev–Trinajstić information content (AvgIpc) is 2.42. The second-order valence-corrected chi connectivity index (χ2v) is 4.34. The van der Waals surface area contributed by atoms with Crippen LogP contribution in [0, 0.1) is 17.5 Å². The Hall–Kier alpha value is -2.57. The highest BCUT2D eigenvalue weighted by molar-refractivity contribution is 5.80. The van der Waals surface area contributed by atoms with Crippen LogP contribution in [0.4, 0.5) is 13.2 Å². The number of hydrogen-bond donors (Lipinski definition) is 1. The smallest absolute Gasteiger partial charge is 0.226 e. The summed E-state index contributed by atoms with van der Waals surface area (Å²) >= 11 is 0. The van der Waals surface area contributed by atoms with Crippen LogP contribution in [0.15, 0.2) is 30.5 Å². The van der Waals surface area contributed by atoms with Gasteiger partial charge in [-0.1, -0.05) is 0 Å². The molecule has 110 valence electrons. The van der Waals surface area contributed by atoms with Gasteiger partial charge in [-0.2, -0.15) is 0 Å². The summed E-state index contributed by atoms with van der Waals surface area (Å²) in [5.74, 6) is -5.20.